The Morgan fingerprint density at radius 3 is 3.04 bits per heavy atom. The molecule has 7 heteroatoms. The zero-order valence-corrected chi connectivity index (χ0v) is 15.5. The van der Waals surface area contributed by atoms with Crippen LogP contribution < -0.4 is 15.5 Å². The molecule has 142 valence electrons. The molecule has 0 saturated heterocycles. The van der Waals surface area contributed by atoms with E-state index in [1.54, 1.807) is 13.1 Å². The summed E-state index contributed by atoms with van der Waals surface area (Å²) >= 11 is 0. The van der Waals surface area contributed by atoms with E-state index in [2.05, 4.69) is 15.6 Å². The van der Waals surface area contributed by atoms with Gasteiger partial charge in [0.1, 0.15) is 11.6 Å². The third kappa shape index (κ3) is 2.62. The summed E-state index contributed by atoms with van der Waals surface area (Å²) in [6, 6.07) is 7.50. The molecule has 5 rings (SSSR count). The summed E-state index contributed by atoms with van der Waals surface area (Å²) in [5, 5.41) is 6.98. The zero-order chi connectivity index (χ0) is 19.3. The first-order chi connectivity index (χ1) is 13.6. The van der Waals surface area contributed by atoms with Gasteiger partial charge in [-0.2, -0.15) is 0 Å². The average Bonchev–Trinajstić information content (AvgIpc) is 3.10. The van der Waals surface area contributed by atoms with Crippen molar-refractivity contribution in [2.45, 2.75) is 25.7 Å². The van der Waals surface area contributed by atoms with E-state index in [4.69, 9.17) is 4.42 Å². The summed E-state index contributed by atoms with van der Waals surface area (Å²) in [5.74, 6) is 1.27. The minimum absolute atomic E-state index is 0.0715. The zero-order valence-electron chi connectivity index (χ0n) is 15.5. The van der Waals surface area contributed by atoms with E-state index < -0.39 is 0 Å². The Morgan fingerprint density at radius 2 is 2.14 bits per heavy atom. The van der Waals surface area contributed by atoms with Gasteiger partial charge in [-0.1, -0.05) is 12.1 Å². The van der Waals surface area contributed by atoms with E-state index in [9.17, 15) is 9.59 Å². The van der Waals surface area contributed by atoms with Crippen molar-refractivity contribution >= 4 is 40.0 Å². The van der Waals surface area contributed by atoms with Crippen LogP contribution in [0.4, 0.5) is 17.2 Å². The molecule has 0 radical (unpaired) electrons. The number of carbonyl (C=O) groups is 2. The van der Waals surface area contributed by atoms with Crippen molar-refractivity contribution in [2.24, 2.45) is 0 Å². The Bertz CT molecular complexity index is 1120. The number of aryl methyl sites for hydroxylation is 2. The first-order valence-corrected chi connectivity index (χ1v) is 9.47. The number of hydrogen-bond donors (Lipinski definition) is 2. The SMILES string of the molecule is CN1C(=O)CNc2ncc(C(=O)Nc3cccc4c5c(oc34)CCCC5)cc21. The molecule has 1 aliphatic carbocycles. The van der Waals surface area contributed by atoms with Crippen molar-refractivity contribution in [3.05, 3.63) is 47.3 Å². The maximum atomic E-state index is 12.9. The molecule has 0 atom stereocenters. The Kier molecular flexibility index (Phi) is 3.82. The topological polar surface area (TPSA) is 87.5 Å². The van der Waals surface area contributed by atoms with Crippen LogP contribution in [0.5, 0.6) is 0 Å². The fourth-order valence-corrected chi connectivity index (χ4v) is 3.96. The third-order valence-electron chi connectivity index (χ3n) is 5.50. The average molecular weight is 376 g/mol. The van der Waals surface area contributed by atoms with Gasteiger partial charge in [0.05, 0.1) is 23.5 Å². The highest BCUT2D eigenvalue weighted by molar-refractivity contribution is 6.10. The number of furan rings is 1. The smallest absolute Gasteiger partial charge is 0.257 e. The summed E-state index contributed by atoms with van der Waals surface area (Å²) in [6.45, 7) is 0.202. The van der Waals surface area contributed by atoms with Crippen molar-refractivity contribution in [3.8, 4) is 0 Å². The minimum Gasteiger partial charge on any atom is -0.459 e. The molecular weight excluding hydrogens is 356 g/mol. The molecule has 2 N–H and O–H groups in total. The van der Waals surface area contributed by atoms with Crippen LogP contribution in [0.15, 0.2) is 34.9 Å². The summed E-state index contributed by atoms with van der Waals surface area (Å²) in [4.78, 5) is 30.6. The molecule has 0 bridgehead atoms. The van der Waals surface area contributed by atoms with E-state index in [1.807, 2.05) is 18.2 Å². The van der Waals surface area contributed by atoms with Gasteiger partial charge in [-0.3, -0.25) is 9.59 Å². The summed E-state index contributed by atoms with van der Waals surface area (Å²) in [7, 11) is 1.68. The van der Waals surface area contributed by atoms with Crippen molar-refractivity contribution in [1.82, 2.24) is 4.98 Å². The van der Waals surface area contributed by atoms with Gasteiger partial charge < -0.3 is 20.0 Å². The minimum atomic E-state index is -0.288. The monoisotopic (exact) mass is 376 g/mol. The van der Waals surface area contributed by atoms with Gasteiger partial charge in [0.2, 0.25) is 5.91 Å². The number of para-hydroxylation sites is 1. The number of rotatable bonds is 2. The molecule has 0 saturated carbocycles. The Morgan fingerprint density at radius 1 is 1.29 bits per heavy atom. The lowest BCUT2D eigenvalue weighted by Crippen LogP contribution is -2.37. The predicted octanol–water partition coefficient (Wildman–Crippen LogP) is 3.35. The number of carbonyl (C=O) groups excluding carboxylic acids is 2. The number of anilines is 3. The second-order valence-electron chi connectivity index (χ2n) is 7.25. The van der Waals surface area contributed by atoms with Crippen molar-refractivity contribution in [3.63, 3.8) is 0 Å². The van der Waals surface area contributed by atoms with Crippen LogP contribution in [0, 0.1) is 0 Å². The highest BCUT2D eigenvalue weighted by Crippen LogP contribution is 2.36. The van der Waals surface area contributed by atoms with Crippen LogP contribution in [-0.2, 0) is 17.6 Å². The number of hydrogen-bond acceptors (Lipinski definition) is 5. The lowest BCUT2D eigenvalue weighted by atomic mass is 9.96. The van der Waals surface area contributed by atoms with E-state index in [0.29, 0.717) is 22.8 Å². The molecule has 3 aromatic rings. The van der Waals surface area contributed by atoms with Crippen molar-refractivity contribution in [1.29, 1.82) is 0 Å². The molecule has 2 aliphatic rings. The van der Waals surface area contributed by atoms with Crippen LogP contribution in [0.3, 0.4) is 0 Å². The van der Waals surface area contributed by atoms with Gasteiger partial charge in [-0.15, -0.1) is 0 Å². The van der Waals surface area contributed by atoms with E-state index in [-0.39, 0.29) is 18.4 Å². The molecule has 1 aliphatic heterocycles. The number of fused-ring (bicyclic) bond motifs is 4. The fourth-order valence-electron chi connectivity index (χ4n) is 3.96. The van der Waals surface area contributed by atoms with Crippen LogP contribution in [-0.4, -0.2) is 30.4 Å². The standard InChI is InChI=1S/C21H20N4O3/c1-25-16-9-12(10-22-20(16)23-11-18(25)26)21(27)24-15-7-4-6-14-13-5-2-3-8-17(13)28-19(14)15/h4,6-7,9-10H,2-3,5,8,11H2,1H3,(H,22,23)(H,24,27). The molecule has 2 amide bonds. The highest BCUT2D eigenvalue weighted by atomic mass is 16.3. The molecule has 28 heavy (non-hydrogen) atoms. The molecule has 3 heterocycles. The van der Waals surface area contributed by atoms with E-state index >= 15 is 0 Å². The predicted molar refractivity (Wildman–Crippen MR) is 107 cm³/mol. The lowest BCUT2D eigenvalue weighted by Gasteiger charge is -2.26. The molecule has 7 nitrogen and oxygen atoms in total. The Labute approximate surface area is 161 Å². The Hall–Kier alpha value is -3.35. The van der Waals surface area contributed by atoms with Crippen LogP contribution in [0.1, 0.15) is 34.5 Å². The van der Waals surface area contributed by atoms with Crippen LogP contribution in [0.2, 0.25) is 0 Å². The van der Waals surface area contributed by atoms with Crippen molar-refractivity contribution < 1.29 is 14.0 Å². The van der Waals surface area contributed by atoms with Crippen LogP contribution in [0.25, 0.3) is 11.0 Å². The molecule has 0 fully saturated rings. The first-order valence-electron chi connectivity index (χ1n) is 9.47. The second kappa shape index (κ2) is 6.37. The van der Waals surface area contributed by atoms with Gasteiger partial charge >= 0.3 is 0 Å². The van der Waals surface area contributed by atoms with Gasteiger partial charge in [-0.25, -0.2) is 4.98 Å². The number of amides is 2. The third-order valence-corrected chi connectivity index (χ3v) is 5.50. The lowest BCUT2D eigenvalue weighted by molar-refractivity contribution is -0.116. The normalized spacial score (nSPS) is 15.8. The number of nitrogens with one attached hydrogen (secondary N) is 2. The fraction of sp³-hybridized carbons (Fsp3) is 0.286. The molecular formula is C21H20N4O3. The molecule has 0 unspecified atom stereocenters. The summed E-state index contributed by atoms with van der Waals surface area (Å²) in [6.07, 6.45) is 5.77. The van der Waals surface area contributed by atoms with Crippen LogP contribution >= 0.6 is 0 Å². The van der Waals surface area contributed by atoms with Gasteiger partial charge in [0, 0.05) is 30.6 Å². The van der Waals surface area contributed by atoms with Crippen molar-refractivity contribution in [2.75, 3.05) is 29.1 Å². The first kappa shape index (κ1) is 16.8. The number of likely N-dealkylation sites (N-methyl/N-ethyl adjacent to an activating group) is 1. The Balaban J connectivity index is 1.48. The van der Waals surface area contributed by atoms with Gasteiger partial charge in [0.25, 0.3) is 5.91 Å². The van der Waals surface area contributed by atoms with E-state index in [1.165, 1.54) is 23.1 Å². The largest absolute Gasteiger partial charge is 0.459 e. The number of pyridine rings is 1. The number of aromatic nitrogens is 1. The maximum absolute atomic E-state index is 12.9. The molecule has 0 spiro atoms. The summed E-state index contributed by atoms with van der Waals surface area (Å²) in [5.41, 5.74) is 3.62. The summed E-state index contributed by atoms with van der Waals surface area (Å²) < 4.78 is 6.09. The van der Waals surface area contributed by atoms with E-state index in [0.717, 1.165) is 36.0 Å². The molecule has 1 aromatic carbocycles. The molecule has 2 aromatic heterocycles. The number of benzene rings is 1. The van der Waals surface area contributed by atoms with Gasteiger partial charge in [-0.05, 0) is 31.4 Å². The highest BCUT2D eigenvalue weighted by Gasteiger charge is 2.24. The number of nitrogens with zero attached hydrogens (tertiary/aromatic N) is 2. The second-order valence-corrected chi connectivity index (χ2v) is 7.25. The quantitative estimate of drug-likeness (QED) is 0.716. The van der Waals surface area contributed by atoms with Gasteiger partial charge in [0.15, 0.2) is 5.58 Å². The maximum Gasteiger partial charge on any atom is 0.257 e.